The van der Waals surface area contributed by atoms with Gasteiger partial charge in [0.05, 0.1) is 17.8 Å². The van der Waals surface area contributed by atoms with Crippen LogP contribution in [-0.4, -0.2) is 14.7 Å². The van der Waals surface area contributed by atoms with Crippen molar-refractivity contribution in [2.45, 2.75) is 12.5 Å². The summed E-state index contributed by atoms with van der Waals surface area (Å²) < 4.78 is 1.78. The van der Waals surface area contributed by atoms with Gasteiger partial charge in [-0.15, -0.1) is 0 Å². The Kier molecular flexibility index (Phi) is 2.82. The monoisotopic (exact) mass is 238 g/mol. The van der Waals surface area contributed by atoms with Crippen molar-refractivity contribution in [2.24, 2.45) is 0 Å². The Morgan fingerprint density at radius 2 is 1.83 bits per heavy atom. The van der Waals surface area contributed by atoms with Gasteiger partial charge in [-0.3, -0.25) is 0 Å². The summed E-state index contributed by atoms with van der Waals surface area (Å²) in [5, 5.41) is 14.5. The number of aliphatic hydroxyl groups excluding tert-OH is 1. The minimum Gasteiger partial charge on any atom is -0.388 e. The lowest BCUT2D eigenvalue weighted by atomic mass is 10.0. The third kappa shape index (κ3) is 2.00. The molecule has 1 atom stereocenters. The normalized spacial score (nSPS) is 12.7. The van der Waals surface area contributed by atoms with E-state index in [-0.39, 0.29) is 0 Å². The maximum atomic E-state index is 10.3. The van der Waals surface area contributed by atoms with Gasteiger partial charge in [-0.25, -0.2) is 4.52 Å². The lowest BCUT2D eigenvalue weighted by molar-refractivity contribution is 0.180. The fourth-order valence-corrected chi connectivity index (χ4v) is 2.16. The minimum atomic E-state index is -0.521. The molecule has 3 rings (SSSR count). The van der Waals surface area contributed by atoms with E-state index in [1.54, 1.807) is 10.7 Å². The number of rotatable bonds is 3. The first-order chi connectivity index (χ1) is 8.84. The Bertz CT molecular complexity index is 646. The van der Waals surface area contributed by atoms with Gasteiger partial charge in [0, 0.05) is 18.2 Å². The summed E-state index contributed by atoms with van der Waals surface area (Å²) in [4.78, 5) is 0. The van der Waals surface area contributed by atoms with E-state index in [1.165, 1.54) is 0 Å². The van der Waals surface area contributed by atoms with Crippen LogP contribution in [0.5, 0.6) is 0 Å². The number of nitrogens with zero attached hydrogens (tertiary/aromatic N) is 2. The third-order valence-electron chi connectivity index (χ3n) is 3.09. The predicted octanol–water partition coefficient (Wildman–Crippen LogP) is 2.61. The van der Waals surface area contributed by atoms with Gasteiger partial charge in [0.15, 0.2) is 0 Å². The molecule has 0 saturated carbocycles. The highest BCUT2D eigenvalue weighted by Crippen LogP contribution is 2.22. The third-order valence-corrected chi connectivity index (χ3v) is 3.09. The molecule has 0 spiro atoms. The van der Waals surface area contributed by atoms with Crippen LogP contribution in [0.3, 0.4) is 0 Å². The second-order valence-corrected chi connectivity index (χ2v) is 4.34. The van der Waals surface area contributed by atoms with Crippen LogP contribution in [0, 0.1) is 0 Å². The Morgan fingerprint density at radius 3 is 2.67 bits per heavy atom. The first-order valence-electron chi connectivity index (χ1n) is 5.99. The first kappa shape index (κ1) is 11.0. The van der Waals surface area contributed by atoms with Gasteiger partial charge in [-0.1, -0.05) is 36.4 Å². The molecular weight excluding hydrogens is 224 g/mol. The Hall–Kier alpha value is -2.13. The van der Waals surface area contributed by atoms with E-state index in [0.717, 1.165) is 16.6 Å². The molecule has 90 valence electrons. The largest absolute Gasteiger partial charge is 0.388 e. The molecule has 0 fully saturated rings. The van der Waals surface area contributed by atoms with Gasteiger partial charge in [0.1, 0.15) is 0 Å². The molecule has 0 bridgehead atoms. The number of aliphatic hydroxyl groups is 1. The molecule has 2 heterocycles. The van der Waals surface area contributed by atoms with E-state index in [2.05, 4.69) is 5.10 Å². The molecule has 2 aromatic heterocycles. The van der Waals surface area contributed by atoms with Gasteiger partial charge in [0.2, 0.25) is 0 Å². The van der Waals surface area contributed by atoms with Crippen LogP contribution < -0.4 is 0 Å². The molecule has 0 aliphatic rings. The number of hydrogen-bond donors (Lipinski definition) is 1. The molecule has 0 aliphatic carbocycles. The number of fused-ring (bicyclic) bond motifs is 1. The van der Waals surface area contributed by atoms with Gasteiger partial charge in [0.25, 0.3) is 0 Å². The maximum absolute atomic E-state index is 10.3. The minimum absolute atomic E-state index is 0.521. The summed E-state index contributed by atoms with van der Waals surface area (Å²) in [6, 6.07) is 15.8. The van der Waals surface area contributed by atoms with E-state index in [9.17, 15) is 5.11 Å². The van der Waals surface area contributed by atoms with Crippen molar-refractivity contribution >= 4 is 5.52 Å². The average Bonchev–Trinajstić information content (AvgIpc) is 2.84. The average molecular weight is 238 g/mol. The fourth-order valence-electron chi connectivity index (χ4n) is 2.16. The summed E-state index contributed by atoms with van der Waals surface area (Å²) in [6.45, 7) is 0. The molecule has 0 amide bonds. The molecule has 3 nitrogen and oxygen atoms in total. The van der Waals surface area contributed by atoms with Gasteiger partial charge in [-0.05, 0) is 17.7 Å². The highest BCUT2D eigenvalue weighted by atomic mass is 16.3. The van der Waals surface area contributed by atoms with Crippen LogP contribution in [0.2, 0.25) is 0 Å². The second-order valence-electron chi connectivity index (χ2n) is 4.34. The van der Waals surface area contributed by atoms with Crippen molar-refractivity contribution in [3.8, 4) is 0 Å². The topological polar surface area (TPSA) is 37.5 Å². The zero-order valence-electron chi connectivity index (χ0n) is 9.90. The quantitative estimate of drug-likeness (QED) is 0.761. The van der Waals surface area contributed by atoms with Crippen LogP contribution in [0.4, 0.5) is 0 Å². The highest BCUT2D eigenvalue weighted by Gasteiger charge is 2.13. The van der Waals surface area contributed by atoms with Gasteiger partial charge in [-0.2, -0.15) is 5.10 Å². The SMILES string of the molecule is OC(Cc1ccccc1)c1cnn2ccccc12. The van der Waals surface area contributed by atoms with Gasteiger partial charge >= 0.3 is 0 Å². The number of pyridine rings is 1. The van der Waals surface area contributed by atoms with E-state index >= 15 is 0 Å². The van der Waals surface area contributed by atoms with Crippen LogP contribution >= 0.6 is 0 Å². The zero-order valence-corrected chi connectivity index (χ0v) is 9.90. The van der Waals surface area contributed by atoms with E-state index < -0.39 is 6.10 Å². The van der Waals surface area contributed by atoms with E-state index in [0.29, 0.717) is 6.42 Å². The highest BCUT2D eigenvalue weighted by molar-refractivity contribution is 5.54. The lowest BCUT2D eigenvalue weighted by Gasteiger charge is -2.09. The van der Waals surface area contributed by atoms with Gasteiger partial charge < -0.3 is 5.11 Å². The van der Waals surface area contributed by atoms with E-state index in [1.807, 2.05) is 54.7 Å². The van der Waals surface area contributed by atoms with Crippen molar-refractivity contribution in [1.29, 1.82) is 0 Å². The molecule has 1 N–H and O–H groups in total. The van der Waals surface area contributed by atoms with Crippen LogP contribution in [-0.2, 0) is 6.42 Å². The molecule has 1 aromatic carbocycles. The van der Waals surface area contributed by atoms with Crippen molar-refractivity contribution in [2.75, 3.05) is 0 Å². The number of benzene rings is 1. The summed E-state index contributed by atoms with van der Waals surface area (Å²) in [5.74, 6) is 0. The number of hydrogen-bond acceptors (Lipinski definition) is 2. The zero-order chi connectivity index (χ0) is 12.4. The summed E-state index contributed by atoms with van der Waals surface area (Å²) in [5.41, 5.74) is 2.96. The molecule has 0 aliphatic heterocycles. The Morgan fingerprint density at radius 1 is 1.06 bits per heavy atom. The van der Waals surface area contributed by atoms with E-state index in [4.69, 9.17) is 0 Å². The lowest BCUT2D eigenvalue weighted by Crippen LogP contribution is -2.01. The summed E-state index contributed by atoms with van der Waals surface area (Å²) in [7, 11) is 0. The van der Waals surface area contributed by atoms with Crippen LogP contribution in [0.15, 0.2) is 60.9 Å². The Labute approximate surface area is 105 Å². The second kappa shape index (κ2) is 4.63. The molecule has 0 radical (unpaired) electrons. The molecule has 0 saturated heterocycles. The fraction of sp³-hybridized carbons (Fsp3) is 0.133. The van der Waals surface area contributed by atoms with Crippen molar-refractivity contribution < 1.29 is 5.11 Å². The molecule has 3 aromatic rings. The maximum Gasteiger partial charge on any atom is 0.0867 e. The first-order valence-corrected chi connectivity index (χ1v) is 5.99. The van der Waals surface area contributed by atoms with Crippen molar-refractivity contribution in [3.05, 3.63) is 72.1 Å². The number of aromatic nitrogens is 2. The standard InChI is InChI=1S/C15H14N2O/c18-15(10-12-6-2-1-3-7-12)13-11-16-17-9-5-4-8-14(13)17/h1-9,11,15,18H,10H2. The van der Waals surface area contributed by atoms with Crippen LogP contribution in [0.1, 0.15) is 17.2 Å². The molecular formula is C15H14N2O. The predicted molar refractivity (Wildman–Crippen MR) is 70.3 cm³/mol. The van der Waals surface area contributed by atoms with Crippen LogP contribution in [0.25, 0.3) is 5.52 Å². The smallest absolute Gasteiger partial charge is 0.0867 e. The summed E-state index contributed by atoms with van der Waals surface area (Å²) in [6.07, 6.45) is 3.71. The van der Waals surface area contributed by atoms with Crippen molar-refractivity contribution in [3.63, 3.8) is 0 Å². The Balaban J connectivity index is 1.90. The summed E-state index contributed by atoms with van der Waals surface area (Å²) >= 11 is 0. The molecule has 1 unspecified atom stereocenters. The van der Waals surface area contributed by atoms with Crippen molar-refractivity contribution in [1.82, 2.24) is 9.61 Å². The molecule has 18 heavy (non-hydrogen) atoms. The molecule has 3 heteroatoms.